The minimum atomic E-state index is 0.285. The number of rotatable bonds is 3. The minimum absolute atomic E-state index is 0.285. The van der Waals surface area contributed by atoms with Crippen molar-refractivity contribution in [2.24, 2.45) is 0 Å². The predicted molar refractivity (Wildman–Crippen MR) is 68.7 cm³/mol. The topological polar surface area (TPSA) is 45.2 Å². The van der Waals surface area contributed by atoms with Crippen LogP contribution in [-0.4, -0.2) is 17.1 Å². The molecule has 1 heterocycles. The van der Waals surface area contributed by atoms with E-state index >= 15 is 0 Å². The number of phenols is 1. The van der Waals surface area contributed by atoms with Crippen LogP contribution in [0.3, 0.4) is 0 Å². The third kappa shape index (κ3) is 2.61. The first-order chi connectivity index (χ1) is 7.78. The number of phenolic OH excluding ortho intramolecular Hbond substituents is 1. The summed E-state index contributed by atoms with van der Waals surface area (Å²) < 4.78 is 0. The monoisotopic (exact) mass is 232 g/mol. The lowest BCUT2D eigenvalue weighted by molar-refractivity contribution is 0.475. The Morgan fingerprint density at radius 1 is 1.25 bits per heavy atom. The molecule has 82 valence electrons. The Morgan fingerprint density at radius 2 is 2.00 bits per heavy atom. The van der Waals surface area contributed by atoms with Crippen LogP contribution in [0, 0.1) is 0 Å². The summed E-state index contributed by atoms with van der Waals surface area (Å²) in [6.07, 6.45) is 5.82. The Labute approximate surface area is 98.1 Å². The van der Waals surface area contributed by atoms with E-state index in [9.17, 15) is 0 Å². The van der Waals surface area contributed by atoms with E-state index in [1.165, 1.54) is 0 Å². The molecule has 0 spiro atoms. The average Bonchev–Trinajstić information content (AvgIpc) is 2.76. The smallest absolute Gasteiger partial charge is 0.182 e. The Bertz CT molecular complexity index is 488. The van der Waals surface area contributed by atoms with Crippen LogP contribution in [0.15, 0.2) is 30.5 Å². The first-order valence-corrected chi connectivity index (χ1v) is 5.70. The van der Waals surface area contributed by atoms with Crippen molar-refractivity contribution in [1.29, 1.82) is 0 Å². The third-order valence-corrected chi connectivity index (χ3v) is 3.05. The fourth-order valence-electron chi connectivity index (χ4n) is 1.24. The predicted octanol–water partition coefficient (Wildman–Crippen LogP) is 3.06. The van der Waals surface area contributed by atoms with Crippen molar-refractivity contribution in [3.8, 4) is 5.75 Å². The van der Waals surface area contributed by atoms with E-state index in [4.69, 9.17) is 5.11 Å². The molecule has 0 aliphatic rings. The summed E-state index contributed by atoms with van der Waals surface area (Å²) in [6, 6.07) is 7.08. The van der Waals surface area contributed by atoms with Crippen LogP contribution in [0.5, 0.6) is 5.75 Å². The maximum Gasteiger partial charge on any atom is 0.182 e. The number of thiazole rings is 1. The second-order valence-electron chi connectivity index (χ2n) is 3.24. The van der Waals surface area contributed by atoms with Gasteiger partial charge in [-0.15, -0.1) is 0 Å². The highest BCUT2D eigenvalue weighted by Gasteiger charge is 1.95. The largest absolute Gasteiger partial charge is 0.508 e. The number of nitrogens with one attached hydrogen (secondary N) is 1. The number of nitrogens with zero attached hydrogens (tertiary/aromatic N) is 1. The fraction of sp³-hybridized carbons (Fsp3) is 0.0833. The van der Waals surface area contributed by atoms with Crippen LogP contribution in [0.2, 0.25) is 0 Å². The Balaban J connectivity index is 2.11. The van der Waals surface area contributed by atoms with Crippen LogP contribution in [0.1, 0.15) is 10.4 Å². The lowest BCUT2D eigenvalue weighted by Crippen LogP contribution is -1.83. The maximum absolute atomic E-state index is 9.14. The van der Waals surface area contributed by atoms with Gasteiger partial charge in [0.1, 0.15) is 5.75 Å². The van der Waals surface area contributed by atoms with Gasteiger partial charge in [0.15, 0.2) is 5.13 Å². The van der Waals surface area contributed by atoms with Gasteiger partial charge in [0.2, 0.25) is 0 Å². The van der Waals surface area contributed by atoms with E-state index in [1.54, 1.807) is 23.5 Å². The summed E-state index contributed by atoms with van der Waals surface area (Å²) in [5.74, 6) is 0.285. The molecule has 0 unspecified atom stereocenters. The Morgan fingerprint density at radius 3 is 2.62 bits per heavy atom. The molecule has 0 saturated carbocycles. The van der Waals surface area contributed by atoms with Crippen molar-refractivity contribution in [1.82, 2.24) is 4.98 Å². The number of aromatic nitrogens is 1. The van der Waals surface area contributed by atoms with Crippen LogP contribution in [0.25, 0.3) is 12.2 Å². The summed E-state index contributed by atoms with van der Waals surface area (Å²) in [6.45, 7) is 0. The molecule has 1 aromatic carbocycles. The molecule has 0 bridgehead atoms. The summed E-state index contributed by atoms with van der Waals surface area (Å²) in [5.41, 5.74) is 1.05. The van der Waals surface area contributed by atoms with Crippen LogP contribution >= 0.6 is 11.3 Å². The molecule has 3 nitrogen and oxygen atoms in total. The van der Waals surface area contributed by atoms with E-state index in [-0.39, 0.29) is 5.75 Å². The molecular formula is C12H12N2OS. The van der Waals surface area contributed by atoms with E-state index in [1.807, 2.05) is 37.5 Å². The molecular weight excluding hydrogens is 220 g/mol. The lowest BCUT2D eigenvalue weighted by atomic mass is 10.2. The van der Waals surface area contributed by atoms with Gasteiger partial charge >= 0.3 is 0 Å². The standard InChI is InChI=1S/C12H12N2OS/c1-13-12-14-8-11(16-12)7-4-9-2-5-10(15)6-3-9/h2-8,15H,1H3,(H,13,14). The van der Waals surface area contributed by atoms with Crippen molar-refractivity contribution in [3.05, 3.63) is 40.9 Å². The molecule has 2 N–H and O–H groups in total. The highest BCUT2D eigenvalue weighted by atomic mass is 32.1. The molecule has 0 aliphatic carbocycles. The van der Waals surface area contributed by atoms with Gasteiger partial charge in [-0.3, -0.25) is 0 Å². The molecule has 1 aromatic heterocycles. The SMILES string of the molecule is CNc1ncc(C=Cc2ccc(O)cc2)s1. The van der Waals surface area contributed by atoms with Gasteiger partial charge in [-0.25, -0.2) is 4.98 Å². The zero-order chi connectivity index (χ0) is 11.4. The van der Waals surface area contributed by atoms with Crippen molar-refractivity contribution in [2.75, 3.05) is 12.4 Å². The fourth-order valence-corrected chi connectivity index (χ4v) is 1.92. The zero-order valence-electron chi connectivity index (χ0n) is 8.84. The van der Waals surface area contributed by atoms with Crippen molar-refractivity contribution in [2.45, 2.75) is 0 Å². The van der Waals surface area contributed by atoms with E-state index < -0.39 is 0 Å². The summed E-state index contributed by atoms with van der Waals surface area (Å²) in [7, 11) is 1.85. The summed E-state index contributed by atoms with van der Waals surface area (Å²) in [4.78, 5) is 5.27. The second-order valence-corrected chi connectivity index (χ2v) is 4.30. The highest BCUT2D eigenvalue weighted by Crippen LogP contribution is 2.20. The first-order valence-electron chi connectivity index (χ1n) is 4.88. The van der Waals surface area contributed by atoms with E-state index in [2.05, 4.69) is 10.3 Å². The van der Waals surface area contributed by atoms with Crippen molar-refractivity contribution >= 4 is 28.6 Å². The molecule has 0 amide bonds. The molecule has 2 rings (SSSR count). The van der Waals surface area contributed by atoms with Gasteiger partial charge in [0, 0.05) is 18.1 Å². The first kappa shape index (κ1) is 10.7. The van der Waals surface area contributed by atoms with Crippen LogP contribution in [0.4, 0.5) is 5.13 Å². The van der Waals surface area contributed by atoms with Gasteiger partial charge in [-0.05, 0) is 23.8 Å². The van der Waals surface area contributed by atoms with E-state index in [0.717, 1.165) is 15.6 Å². The number of hydrogen-bond acceptors (Lipinski definition) is 4. The van der Waals surface area contributed by atoms with Crippen LogP contribution in [-0.2, 0) is 0 Å². The lowest BCUT2D eigenvalue weighted by Gasteiger charge is -1.93. The normalized spacial score (nSPS) is 10.8. The molecule has 16 heavy (non-hydrogen) atoms. The van der Waals surface area contributed by atoms with Crippen LogP contribution < -0.4 is 5.32 Å². The molecule has 0 radical (unpaired) electrons. The van der Waals surface area contributed by atoms with Crippen molar-refractivity contribution < 1.29 is 5.11 Å². The molecule has 0 atom stereocenters. The van der Waals surface area contributed by atoms with Crippen molar-refractivity contribution in [3.63, 3.8) is 0 Å². The van der Waals surface area contributed by atoms with Gasteiger partial charge < -0.3 is 10.4 Å². The molecule has 0 fully saturated rings. The molecule has 0 saturated heterocycles. The summed E-state index contributed by atoms with van der Waals surface area (Å²) >= 11 is 1.60. The van der Waals surface area contributed by atoms with Gasteiger partial charge in [0.25, 0.3) is 0 Å². The number of hydrogen-bond donors (Lipinski definition) is 2. The summed E-state index contributed by atoms with van der Waals surface area (Å²) in [5, 5.41) is 13.0. The van der Waals surface area contributed by atoms with Gasteiger partial charge in [0.05, 0.1) is 0 Å². The van der Waals surface area contributed by atoms with Gasteiger partial charge in [-0.1, -0.05) is 29.5 Å². The number of benzene rings is 1. The average molecular weight is 232 g/mol. The zero-order valence-corrected chi connectivity index (χ0v) is 9.66. The highest BCUT2D eigenvalue weighted by molar-refractivity contribution is 7.16. The van der Waals surface area contributed by atoms with Gasteiger partial charge in [-0.2, -0.15) is 0 Å². The molecule has 0 aliphatic heterocycles. The van der Waals surface area contributed by atoms with E-state index in [0.29, 0.717) is 0 Å². The quantitative estimate of drug-likeness (QED) is 0.854. The molecule has 4 heteroatoms. The molecule has 2 aromatic rings. The number of aromatic hydroxyl groups is 1. The Kier molecular flexibility index (Phi) is 3.22. The maximum atomic E-state index is 9.14. The minimum Gasteiger partial charge on any atom is -0.508 e. The number of anilines is 1. The third-order valence-electron chi connectivity index (χ3n) is 2.07. The Hall–Kier alpha value is -1.81. The second kappa shape index (κ2) is 4.81.